The number of hydrogen-bond donors (Lipinski definition) is 1. The van der Waals surface area contributed by atoms with Gasteiger partial charge in [-0.2, -0.15) is 0 Å². The highest BCUT2D eigenvalue weighted by molar-refractivity contribution is 5.16. The molecule has 2 rings (SSSR count). The Morgan fingerprint density at radius 1 is 1.39 bits per heavy atom. The first-order valence-electron chi connectivity index (χ1n) is 6.89. The van der Waals surface area contributed by atoms with Crippen LogP contribution in [-0.4, -0.2) is 24.0 Å². The number of hydrogen-bond acceptors (Lipinski definition) is 2. The fourth-order valence-electron chi connectivity index (χ4n) is 2.69. The molecular weight excluding hydrogens is 227 g/mol. The van der Waals surface area contributed by atoms with E-state index in [1.54, 1.807) is 0 Å². The van der Waals surface area contributed by atoms with E-state index in [0.29, 0.717) is 6.04 Å². The van der Waals surface area contributed by atoms with Crippen molar-refractivity contribution >= 4 is 0 Å². The summed E-state index contributed by atoms with van der Waals surface area (Å²) in [7, 11) is 0. The van der Waals surface area contributed by atoms with Crippen LogP contribution in [0.15, 0.2) is 24.3 Å². The van der Waals surface area contributed by atoms with Crippen molar-refractivity contribution in [3.63, 3.8) is 0 Å². The molecular formula is C15H23FN2. The number of nitrogens with zero attached hydrogens (tertiary/aromatic N) is 1. The average molecular weight is 250 g/mol. The van der Waals surface area contributed by atoms with Gasteiger partial charge in [-0.1, -0.05) is 19.1 Å². The molecule has 0 bridgehead atoms. The Balaban J connectivity index is 1.80. The lowest BCUT2D eigenvalue weighted by molar-refractivity contribution is 0.308. The van der Waals surface area contributed by atoms with Crippen molar-refractivity contribution in [3.8, 4) is 0 Å². The van der Waals surface area contributed by atoms with Crippen molar-refractivity contribution in [2.24, 2.45) is 11.7 Å². The maximum absolute atomic E-state index is 12.8. The Hall–Kier alpha value is -0.930. The van der Waals surface area contributed by atoms with Crippen LogP contribution in [0.2, 0.25) is 0 Å². The summed E-state index contributed by atoms with van der Waals surface area (Å²) in [5.74, 6) is 0.576. The van der Waals surface area contributed by atoms with Gasteiger partial charge in [0.25, 0.3) is 0 Å². The third kappa shape index (κ3) is 3.79. The molecule has 18 heavy (non-hydrogen) atoms. The molecule has 0 saturated carbocycles. The topological polar surface area (TPSA) is 29.3 Å². The monoisotopic (exact) mass is 250 g/mol. The second-order valence-electron chi connectivity index (χ2n) is 5.42. The summed E-state index contributed by atoms with van der Waals surface area (Å²) in [6.45, 7) is 5.34. The number of likely N-dealkylation sites (tertiary alicyclic amines) is 1. The van der Waals surface area contributed by atoms with Crippen LogP contribution in [-0.2, 0) is 6.54 Å². The molecule has 1 aliphatic rings. The molecule has 2 atom stereocenters. The molecule has 2 nitrogen and oxygen atoms in total. The van der Waals surface area contributed by atoms with Crippen LogP contribution in [0, 0.1) is 11.7 Å². The summed E-state index contributed by atoms with van der Waals surface area (Å²) in [5.41, 5.74) is 7.20. The summed E-state index contributed by atoms with van der Waals surface area (Å²) >= 11 is 0. The number of halogens is 1. The van der Waals surface area contributed by atoms with Crippen molar-refractivity contribution in [2.75, 3.05) is 13.1 Å². The third-order valence-electron chi connectivity index (χ3n) is 3.85. The summed E-state index contributed by atoms with van der Waals surface area (Å²) in [4.78, 5) is 2.44. The highest BCUT2D eigenvalue weighted by atomic mass is 19.1. The molecule has 0 amide bonds. The molecule has 2 N–H and O–H groups in total. The Bertz CT molecular complexity index is 363. The highest BCUT2D eigenvalue weighted by Crippen LogP contribution is 2.23. The Kier molecular flexibility index (Phi) is 4.72. The largest absolute Gasteiger partial charge is 0.328 e. The van der Waals surface area contributed by atoms with Gasteiger partial charge < -0.3 is 5.73 Å². The van der Waals surface area contributed by atoms with Crippen LogP contribution in [0.1, 0.15) is 31.7 Å². The first-order valence-corrected chi connectivity index (χ1v) is 6.89. The van der Waals surface area contributed by atoms with Crippen molar-refractivity contribution in [2.45, 2.75) is 38.8 Å². The third-order valence-corrected chi connectivity index (χ3v) is 3.85. The molecule has 1 aromatic rings. The van der Waals surface area contributed by atoms with E-state index < -0.39 is 0 Å². The summed E-state index contributed by atoms with van der Waals surface area (Å²) < 4.78 is 12.8. The first-order chi connectivity index (χ1) is 8.67. The molecule has 0 aliphatic carbocycles. The average Bonchev–Trinajstić information content (AvgIpc) is 2.79. The number of nitrogens with two attached hydrogens (primary N) is 1. The van der Waals surface area contributed by atoms with E-state index in [0.717, 1.165) is 38.4 Å². The number of rotatable bonds is 5. The van der Waals surface area contributed by atoms with Gasteiger partial charge in [-0.05, 0) is 49.4 Å². The molecule has 1 aromatic carbocycles. The zero-order chi connectivity index (χ0) is 13.0. The Morgan fingerprint density at radius 2 is 2.11 bits per heavy atom. The van der Waals surface area contributed by atoms with Gasteiger partial charge in [-0.15, -0.1) is 0 Å². The van der Waals surface area contributed by atoms with Crippen molar-refractivity contribution in [1.82, 2.24) is 4.90 Å². The van der Waals surface area contributed by atoms with Gasteiger partial charge in [0.05, 0.1) is 0 Å². The van der Waals surface area contributed by atoms with Gasteiger partial charge in [0, 0.05) is 19.1 Å². The summed E-state index contributed by atoms with van der Waals surface area (Å²) in [6, 6.07) is 7.17. The van der Waals surface area contributed by atoms with Crippen LogP contribution in [0.25, 0.3) is 0 Å². The first kappa shape index (κ1) is 13.5. The predicted octanol–water partition coefficient (Wildman–Crippen LogP) is 2.78. The zero-order valence-corrected chi connectivity index (χ0v) is 11.1. The molecule has 0 spiro atoms. The summed E-state index contributed by atoms with van der Waals surface area (Å²) in [5, 5.41) is 0. The summed E-state index contributed by atoms with van der Waals surface area (Å²) in [6.07, 6.45) is 3.44. The van der Waals surface area contributed by atoms with Crippen molar-refractivity contribution in [3.05, 3.63) is 35.6 Å². The van der Waals surface area contributed by atoms with E-state index >= 15 is 0 Å². The molecule has 100 valence electrons. The molecule has 1 heterocycles. The quantitative estimate of drug-likeness (QED) is 0.870. The maximum Gasteiger partial charge on any atom is 0.123 e. The Labute approximate surface area is 109 Å². The molecule has 1 fully saturated rings. The van der Waals surface area contributed by atoms with Gasteiger partial charge >= 0.3 is 0 Å². The fraction of sp³-hybridized carbons (Fsp3) is 0.600. The van der Waals surface area contributed by atoms with E-state index in [9.17, 15) is 4.39 Å². The minimum Gasteiger partial charge on any atom is -0.328 e. The molecule has 1 saturated heterocycles. The second-order valence-corrected chi connectivity index (χ2v) is 5.42. The van der Waals surface area contributed by atoms with Crippen molar-refractivity contribution < 1.29 is 4.39 Å². The molecule has 0 radical (unpaired) electrons. The minimum atomic E-state index is -0.160. The minimum absolute atomic E-state index is 0.160. The van der Waals surface area contributed by atoms with Gasteiger partial charge in [-0.3, -0.25) is 4.90 Å². The van der Waals surface area contributed by atoms with E-state index in [1.807, 2.05) is 12.1 Å². The van der Waals surface area contributed by atoms with E-state index in [-0.39, 0.29) is 5.82 Å². The fourth-order valence-corrected chi connectivity index (χ4v) is 2.69. The lowest BCUT2D eigenvalue weighted by Gasteiger charge is -2.17. The highest BCUT2D eigenvalue weighted by Gasteiger charge is 2.23. The van der Waals surface area contributed by atoms with Gasteiger partial charge in [0.15, 0.2) is 0 Å². The van der Waals surface area contributed by atoms with Gasteiger partial charge in [-0.25, -0.2) is 4.39 Å². The van der Waals surface area contributed by atoms with Crippen LogP contribution in [0.5, 0.6) is 0 Å². The van der Waals surface area contributed by atoms with Gasteiger partial charge in [0.1, 0.15) is 5.82 Å². The smallest absolute Gasteiger partial charge is 0.123 e. The normalized spacial score (nSPS) is 22.3. The maximum atomic E-state index is 12.8. The lowest BCUT2D eigenvalue weighted by Crippen LogP contribution is -2.25. The zero-order valence-electron chi connectivity index (χ0n) is 11.1. The standard InChI is InChI=1S/C15H23FN2/c1-2-15(17)9-13-7-8-18(11-13)10-12-3-5-14(16)6-4-12/h3-6,13,15H,2,7-11,17H2,1H3. The Morgan fingerprint density at radius 3 is 2.78 bits per heavy atom. The van der Waals surface area contributed by atoms with Gasteiger partial charge in [0.2, 0.25) is 0 Å². The lowest BCUT2D eigenvalue weighted by atomic mass is 9.98. The van der Waals surface area contributed by atoms with E-state index in [4.69, 9.17) is 5.73 Å². The number of benzene rings is 1. The van der Waals surface area contributed by atoms with Crippen LogP contribution in [0.4, 0.5) is 4.39 Å². The SMILES string of the molecule is CCC(N)CC1CCN(Cc2ccc(F)cc2)C1. The van der Waals surface area contributed by atoms with Crippen LogP contribution in [0.3, 0.4) is 0 Å². The van der Waals surface area contributed by atoms with Crippen LogP contribution < -0.4 is 5.73 Å². The van der Waals surface area contributed by atoms with Crippen molar-refractivity contribution in [1.29, 1.82) is 0 Å². The predicted molar refractivity (Wildman–Crippen MR) is 72.7 cm³/mol. The molecule has 1 aliphatic heterocycles. The molecule has 0 aromatic heterocycles. The van der Waals surface area contributed by atoms with Crippen LogP contribution >= 0.6 is 0 Å². The second kappa shape index (κ2) is 6.30. The van der Waals surface area contributed by atoms with E-state index in [1.165, 1.54) is 24.1 Å². The molecule has 3 heteroatoms. The molecule has 2 unspecified atom stereocenters. The van der Waals surface area contributed by atoms with E-state index in [2.05, 4.69) is 11.8 Å².